The Balaban J connectivity index is 3.01. The number of nitrogens with zero attached hydrogens (tertiary/aromatic N) is 1. The van der Waals surface area contributed by atoms with E-state index in [4.69, 9.17) is 5.11 Å². The SMILES string of the molecule is CCC(CC)NS(=O)(=O)c1cncc(C=CC(=O)O)c1. The number of sulfonamides is 1. The van der Waals surface area contributed by atoms with Crippen LogP contribution in [0.4, 0.5) is 0 Å². The highest BCUT2D eigenvalue weighted by atomic mass is 32.2. The van der Waals surface area contributed by atoms with Gasteiger partial charge in [0.1, 0.15) is 4.90 Å². The molecule has 0 amide bonds. The lowest BCUT2D eigenvalue weighted by molar-refractivity contribution is -0.131. The van der Waals surface area contributed by atoms with E-state index >= 15 is 0 Å². The molecule has 110 valence electrons. The van der Waals surface area contributed by atoms with Crippen LogP contribution in [0.15, 0.2) is 29.4 Å². The molecule has 1 heterocycles. The van der Waals surface area contributed by atoms with Gasteiger partial charge in [-0.1, -0.05) is 13.8 Å². The summed E-state index contributed by atoms with van der Waals surface area (Å²) in [5, 5.41) is 8.55. The van der Waals surface area contributed by atoms with Crippen molar-refractivity contribution in [2.24, 2.45) is 0 Å². The number of aliphatic carboxylic acids is 1. The summed E-state index contributed by atoms with van der Waals surface area (Å²) in [6.45, 7) is 3.81. The second-order valence-corrected chi connectivity index (χ2v) is 5.97. The van der Waals surface area contributed by atoms with Gasteiger partial charge < -0.3 is 5.11 Å². The standard InChI is InChI=1S/C13H18N2O4S/c1-3-11(4-2)15-20(18,19)12-7-10(8-14-9-12)5-6-13(16)17/h5-9,11,15H,3-4H2,1-2H3,(H,16,17). The van der Waals surface area contributed by atoms with Gasteiger partial charge in [0.2, 0.25) is 10.0 Å². The summed E-state index contributed by atoms with van der Waals surface area (Å²) < 4.78 is 26.9. The van der Waals surface area contributed by atoms with Gasteiger partial charge >= 0.3 is 5.97 Å². The zero-order valence-corrected chi connectivity index (χ0v) is 12.2. The third-order valence-electron chi connectivity index (χ3n) is 2.77. The average molecular weight is 298 g/mol. The van der Waals surface area contributed by atoms with Crippen molar-refractivity contribution >= 4 is 22.1 Å². The predicted octanol–water partition coefficient (Wildman–Crippen LogP) is 1.65. The Morgan fingerprint density at radius 3 is 2.60 bits per heavy atom. The van der Waals surface area contributed by atoms with E-state index in [1.807, 2.05) is 13.8 Å². The number of rotatable bonds is 7. The fourth-order valence-corrected chi connectivity index (χ4v) is 2.98. The molecule has 0 aliphatic heterocycles. The van der Waals surface area contributed by atoms with E-state index in [1.54, 1.807) is 0 Å². The summed E-state index contributed by atoms with van der Waals surface area (Å²) in [5.74, 6) is -1.10. The summed E-state index contributed by atoms with van der Waals surface area (Å²) in [7, 11) is -3.64. The van der Waals surface area contributed by atoms with Crippen LogP contribution < -0.4 is 4.72 Å². The second kappa shape index (κ2) is 7.16. The van der Waals surface area contributed by atoms with E-state index in [1.165, 1.54) is 24.5 Å². The second-order valence-electron chi connectivity index (χ2n) is 4.26. The van der Waals surface area contributed by atoms with Crippen LogP contribution in [0.2, 0.25) is 0 Å². The predicted molar refractivity (Wildman–Crippen MR) is 75.6 cm³/mol. The van der Waals surface area contributed by atoms with Crippen molar-refractivity contribution in [2.45, 2.75) is 37.6 Å². The number of aromatic nitrogens is 1. The molecule has 0 fully saturated rings. The maximum absolute atomic E-state index is 12.2. The number of carboxylic acids is 1. The van der Waals surface area contributed by atoms with Crippen molar-refractivity contribution in [3.63, 3.8) is 0 Å². The fraction of sp³-hybridized carbons (Fsp3) is 0.385. The zero-order chi connectivity index (χ0) is 15.2. The Bertz CT molecular complexity index is 592. The van der Waals surface area contributed by atoms with Gasteiger partial charge in [-0.2, -0.15) is 0 Å². The topological polar surface area (TPSA) is 96.4 Å². The molecule has 0 bridgehead atoms. The van der Waals surface area contributed by atoms with E-state index < -0.39 is 16.0 Å². The molecule has 0 radical (unpaired) electrons. The maximum Gasteiger partial charge on any atom is 0.328 e. The summed E-state index contributed by atoms with van der Waals surface area (Å²) >= 11 is 0. The zero-order valence-electron chi connectivity index (χ0n) is 11.4. The molecule has 0 unspecified atom stereocenters. The highest BCUT2D eigenvalue weighted by Gasteiger charge is 2.18. The smallest absolute Gasteiger partial charge is 0.328 e. The molecule has 20 heavy (non-hydrogen) atoms. The molecule has 7 heteroatoms. The molecule has 0 saturated heterocycles. The number of carboxylic acid groups (broad SMARTS) is 1. The monoisotopic (exact) mass is 298 g/mol. The van der Waals surface area contributed by atoms with Gasteiger partial charge in [-0.15, -0.1) is 0 Å². The van der Waals surface area contributed by atoms with E-state index in [0.29, 0.717) is 18.4 Å². The number of hydrogen-bond acceptors (Lipinski definition) is 4. The number of pyridine rings is 1. The molecule has 0 aliphatic carbocycles. The molecule has 1 aromatic heterocycles. The first-order chi connectivity index (χ1) is 9.39. The van der Waals surface area contributed by atoms with Gasteiger partial charge in [0.25, 0.3) is 0 Å². The molecular weight excluding hydrogens is 280 g/mol. The van der Waals surface area contributed by atoms with Crippen LogP contribution in [-0.4, -0.2) is 30.5 Å². The summed E-state index contributed by atoms with van der Waals surface area (Å²) in [4.78, 5) is 14.3. The van der Waals surface area contributed by atoms with Gasteiger partial charge in [-0.25, -0.2) is 17.9 Å². The minimum Gasteiger partial charge on any atom is -0.478 e. The van der Waals surface area contributed by atoms with Crippen molar-refractivity contribution in [2.75, 3.05) is 0 Å². The van der Waals surface area contributed by atoms with E-state index in [0.717, 1.165) is 6.08 Å². The van der Waals surface area contributed by atoms with Crippen LogP contribution >= 0.6 is 0 Å². The van der Waals surface area contributed by atoms with Crippen LogP contribution in [-0.2, 0) is 14.8 Å². The highest BCUT2D eigenvalue weighted by molar-refractivity contribution is 7.89. The first-order valence-corrected chi connectivity index (χ1v) is 7.75. The van der Waals surface area contributed by atoms with Gasteiger partial charge in [-0.05, 0) is 30.5 Å². The number of carbonyl (C=O) groups is 1. The average Bonchev–Trinajstić information content (AvgIpc) is 2.43. The molecule has 2 N–H and O–H groups in total. The number of nitrogens with one attached hydrogen (secondary N) is 1. The van der Waals surface area contributed by atoms with Crippen molar-refractivity contribution in [1.82, 2.24) is 9.71 Å². The quantitative estimate of drug-likeness (QED) is 0.746. The van der Waals surface area contributed by atoms with Crippen molar-refractivity contribution in [3.05, 3.63) is 30.1 Å². The lowest BCUT2D eigenvalue weighted by Gasteiger charge is -2.14. The van der Waals surface area contributed by atoms with Crippen LogP contribution in [0.1, 0.15) is 32.3 Å². The van der Waals surface area contributed by atoms with Gasteiger partial charge in [0.15, 0.2) is 0 Å². The van der Waals surface area contributed by atoms with Gasteiger partial charge in [0.05, 0.1) is 0 Å². The van der Waals surface area contributed by atoms with Crippen LogP contribution in [0, 0.1) is 0 Å². The molecule has 6 nitrogen and oxygen atoms in total. The van der Waals surface area contributed by atoms with Gasteiger partial charge in [0, 0.05) is 24.5 Å². The molecular formula is C13H18N2O4S. The van der Waals surface area contributed by atoms with Crippen LogP contribution in [0.5, 0.6) is 0 Å². The molecule has 0 saturated carbocycles. The largest absolute Gasteiger partial charge is 0.478 e. The lowest BCUT2D eigenvalue weighted by Crippen LogP contribution is -2.33. The summed E-state index contributed by atoms with van der Waals surface area (Å²) in [6.07, 6.45) is 6.26. The Labute approximate surface area is 118 Å². The Hall–Kier alpha value is -1.73. The normalized spacial score (nSPS) is 12.2. The van der Waals surface area contributed by atoms with E-state index in [-0.39, 0.29) is 10.9 Å². The van der Waals surface area contributed by atoms with Crippen LogP contribution in [0.3, 0.4) is 0 Å². The molecule has 0 aromatic carbocycles. The van der Waals surface area contributed by atoms with Crippen molar-refractivity contribution < 1.29 is 18.3 Å². The van der Waals surface area contributed by atoms with E-state index in [2.05, 4.69) is 9.71 Å². The molecule has 0 spiro atoms. The maximum atomic E-state index is 12.2. The minimum atomic E-state index is -3.64. The third kappa shape index (κ3) is 4.75. The molecule has 0 atom stereocenters. The highest BCUT2D eigenvalue weighted by Crippen LogP contribution is 2.12. The summed E-state index contributed by atoms with van der Waals surface area (Å²) in [6, 6.07) is 1.26. The fourth-order valence-electron chi connectivity index (χ4n) is 1.58. The molecule has 1 aromatic rings. The van der Waals surface area contributed by atoms with Crippen LogP contribution in [0.25, 0.3) is 6.08 Å². The summed E-state index contributed by atoms with van der Waals surface area (Å²) in [5.41, 5.74) is 0.417. The molecule has 1 rings (SSSR count). The Morgan fingerprint density at radius 2 is 2.05 bits per heavy atom. The van der Waals surface area contributed by atoms with Crippen molar-refractivity contribution in [1.29, 1.82) is 0 Å². The van der Waals surface area contributed by atoms with Gasteiger partial charge in [-0.3, -0.25) is 4.98 Å². The Kier molecular flexibility index (Phi) is 5.84. The lowest BCUT2D eigenvalue weighted by atomic mass is 10.2. The van der Waals surface area contributed by atoms with E-state index in [9.17, 15) is 13.2 Å². The number of hydrogen-bond donors (Lipinski definition) is 2. The first-order valence-electron chi connectivity index (χ1n) is 6.27. The first kappa shape index (κ1) is 16.3. The minimum absolute atomic E-state index is 0.0249. The Morgan fingerprint density at radius 1 is 1.40 bits per heavy atom. The van der Waals surface area contributed by atoms with Crippen molar-refractivity contribution in [3.8, 4) is 0 Å². The molecule has 0 aliphatic rings. The third-order valence-corrected chi connectivity index (χ3v) is 4.26.